The topological polar surface area (TPSA) is 34.1 Å². The van der Waals surface area contributed by atoms with Crippen molar-refractivity contribution in [1.29, 1.82) is 0 Å². The second kappa shape index (κ2) is 4.67. The van der Waals surface area contributed by atoms with Crippen molar-refractivity contribution in [2.75, 3.05) is 0 Å². The Morgan fingerprint density at radius 3 is 1.89 bits per heavy atom. The highest BCUT2D eigenvalue weighted by Crippen LogP contribution is 2.42. The number of aldehydes is 1. The average molecular weight is 284 g/mol. The number of hydrogen-bond donors (Lipinski definition) is 0. The van der Waals surface area contributed by atoms with E-state index in [0.29, 0.717) is 6.07 Å². The van der Waals surface area contributed by atoms with Crippen LogP contribution < -0.4 is 0 Å². The molecule has 104 valence electrons. The molecule has 0 amide bonds. The Morgan fingerprint density at radius 2 is 1.58 bits per heavy atom. The first-order chi connectivity index (χ1) is 8.48. The summed E-state index contributed by atoms with van der Waals surface area (Å²) in [6, 6.07) is 0.589. The van der Waals surface area contributed by atoms with Gasteiger partial charge in [-0.1, -0.05) is 0 Å². The first-order valence-electron chi connectivity index (χ1n) is 4.77. The van der Waals surface area contributed by atoms with E-state index in [1.54, 1.807) is 0 Å². The minimum atomic E-state index is -5.35. The Hall–Kier alpha value is -1.86. The van der Waals surface area contributed by atoms with Crippen molar-refractivity contribution in [3.8, 4) is 0 Å². The van der Waals surface area contributed by atoms with E-state index < -0.39 is 40.4 Å². The molecule has 0 aliphatic heterocycles. The molecular weight excluding hydrogens is 278 g/mol. The van der Waals surface area contributed by atoms with Gasteiger partial charge in [-0.05, 0) is 19.1 Å². The Morgan fingerprint density at radius 1 is 1.05 bits per heavy atom. The van der Waals surface area contributed by atoms with E-state index in [4.69, 9.17) is 0 Å². The van der Waals surface area contributed by atoms with Gasteiger partial charge >= 0.3 is 12.4 Å². The van der Waals surface area contributed by atoms with Crippen molar-refractivity contribution in [1.82, 2.24) is 0 Å². The molecule has 0 bridgehead atoms. The van der Waals surface area contributed by atoms with Gasteiger partial charge in [0.2, 0.25) is 0 Å². The molecule has 0 saturated carbocycles. The van der Waals surface area contributed by atoms with Crippen molar-refractivity contribution in [3.05, 3.63) is 34.4 Å². The summed E-state index contributed by atoms with van der Waals surface area (Å²) in [7, 11) is 0. The van der Waals surface area contributed by atoms with Gasteiger partial charge in [-0.2, -0.15) is 26.3 Å². The fourth-order valence-electron chi connectivity index (χ4n) is 1.50. The fraction of sp³-hybridized carbons (Fsp3) is 0.273. The second-order valence-electron chi connectivity index (χ2n) is 3.66. The van der Waals surface area contributed by atoms with Gasteiger partial charge in [0.15, 0.2) is 12.1 Å². The number of carbonyl (C=O) groups excluding carboxylic acids is 2. The minimum absolute atomic E-state index is 0.0954. The van der Waals surface area contributed by atoms with Crippen LogP contribution in [0.4, 0.5) is 26.3 Å². The van der Waals surface area contributed by atoms with Crippen molar-refractivity contribution in [2.24, 2.45) is 0 Å². The lowest BCUT2D eigenvalue weighted by atomic mass is 9.96. The SMILES string of the molecule is CC(=O)c1cc(C=O)c(C(F)(F)F)c(C(F)(F)F)c1. The lowest BCUT2D eigenvalue weighted by molar-refractivity contribution is -0.162. The Labute approximate surface area is 103 Å². The van der Waals surface area contributed by atoms with Crippen LogP contribution in [-0.2, 0) is 12.4 Å². The highest BCUT2D eigenvalue weighted by atomic mass is 19.4. The summed E-state index contributed by atoms with van der Waals surface area (Å²) >= 11 is 0. The zero-order chi connectivity index (χ0) is 15.0. The van der Waals surface area contributed by atoms with Crippen LogP contribution in [0.15, 0.2) is 12.1 Å². The van der Waals surface area contributed by atoms with Gasteiger partial charge in [0.1, 0.15) is 0 Å². The van der Waals surface area contributed by atoms with E-state index in [1.807, 2.05) is 0 Å². The highest BCUT2D eigenvalue weighted by Gasteiger charge is 2.45. The third-order valence-electron chi connectivity index (χ3n) is 2.29. The Balaban J connectivity index is 3.78. The van der Waals surface area contributed by atoms with E-state index in [9.17, 15) is 35.9 Å². The summed E-state index contributed by atoms with van der Waals surface area (Å²) in [5.74, 6) is -0.873. The number of rotatable bonds is 2. The van der Waals surface area contributed by atoms with Crippen LogP contribution in [0.2, 0.25) is 0 Å². The standard InChI is InChI=1S/C11H6F6O2/c1-5(19)6-2-7(4-18)9(11(15,16)17)8(3-6)10(12,13)14/h2-4H,1H3. The molecule has 2 nitrogen and oxygen atoms in total. The Kier molecular flexibility index (Phi) is 3.74. The molecule has 0 N–H and O–H groups in total. The molecule has 1 rings (SSSR count). The molecule has 0 heterocycles. The van der Waals surface area contributed by atoms with Gasteiger partial charge in [0.05, 0.1) is 11.1 Å². The highest BCUT2D eigenvalue weighted by molar-refractivity contribution is 5.96. The van der Waals surface area contributed by atoms with Crippen molar-refractivity contribution in [2.45, 2.75) is 19.3 Å². The average Bonchev–Trinajstić information content (AvgIpc) is 2.24. The summed E-state index contributed by atoms with van der Waals surface area (Å²) in [5, 5.41) is 0. The zero-order valence-electron chi connectivity index (χ0n) is 9.32. The van der Waals surface area contributed by atoms with Gasteiger partial charge in [-0.15, -0.1) is 0 Å². The normalized spacial score (nSPS) is 12.4. The van der Waals surface area contributed by atoms with Crippen LogP contribution in [0.1, 0.15) is 38.8 Å². The van der Waals surface area contributed by atoms with Crippen LogP contribution in [-0.4, -0.2) is 12.1 Å². The van der Waals surface area contributed by atoms with E-state index in [1.165, 1.54) is 0 Å². The lowest BCUT2D eigenvalue weighted by Crippen LogP contribution is -2.20. The quantitative estimate of drug-likeness (QED) is 0.471. The van der Waals surface area contributed by atoms with E-state index >= 15 is 0 Å². The number of carbonyl (C=O) groups is 2. The largest absolute Gasteiger partial charge is 0.417 e. The molecule has 0 atom stereocenters. The van der Waals surface area contributed by atoms with Crippen LogP contribution in [0.3, 0.4) is 0 Å². The van der Waals surface area contributed by atoms with Gasteiger partial charge in [0.25, 0.3) is 0 Å². The molecule has 1 aromatic carbocycles. The molecule has 0 fully saturated rings. The number of halogens is 6. The molecular formula is C11H6F6O2. The van der Waals surface area contributed by atoms with E-state index in [2.05, 4.69) is 0 Å². The molecule has 0 aliphatic carbocycles. The predicted molar refractivity (Wildman–Crippen MR) is 51.8 cm³/mol. The smallest absolute Gasteiger partial charge is 0.298 e. The van der Waals surface area contributed by atoms with Gasteiger partial charge in [0, 0.05) is 11.1 Å². The molecule has 1 aromatic rings. The molecule has 8 heteroatoms. The minimum Gasteiger partial charge on any atom is -0.298 e. The maximum Gasteiger partial charge on any atom is 0.417 e. The number of Topliss-reactive ketones (excluding diaryl/α,β-unsaturated/α-hetero) is 1. The van der Waals surface area contributed by atoms with E-state index in [0.717, 1.165) is 6.92 Å². The summed E-state index contributed by atoms with van der Waals surface area (Å²) in [4.78, 5) is 21.5. The van der Waals surface area contributed by atoms with Gasteiger partial charge in [-0.3, -0.25) is 9.59 Å². The molecule has 0 spiro atoms. The predicted octanol–water partition coefficient (Wildman–Crippen LogP) is 3.74. The molecule has 19 heavy (non-hydrogen) atoms. The first kappa shape index (κ1) is 15.2. The van der Waals surface area contributed by atoms with Crippen LogP contribution in [0, 0.1) is 0 Å². The number of benzene rings is 1. The molecule has 0 aliphatic rings. The summed E-state index contributed by atoms with van der Waals surface area (Å²) in [6.07, 6.45) is -11.0. The van der Waals surface area contributed by atoms with Crippen LogP contribution in [0.25, 0.3) is 0 Å². The van der Waals surface area contributed by atoms with Crippen molar-refractivity contribution >= 4 is 12.1 Å². The third-order valence-corrected chi connectivity index (χ3v) is 2.29. The Bertz CT molecular complexity index is 527. The second-order valence-corrected chi connectivity index (χ2v) is 3.66. The van der Waals surface area contributed by atoms with Crippen LogP contribution >= 0.6 is 0 Å². The number of alkyl halides is 6. The maximum atomic E-state index is 12.6. The maximum absolute atomic E-state index is 12.6. The van der Waals surface area contributed by atoms with Crippen molar-refractivity contribution < 1.29 is 35.9 Å². The third kappa shape index (κ3) is 3.12. The first-order valence-corrected chi connectivity index (χ1v) is 4.77. The number of hydrogen-bond acceptors (Lipinski definition) is 2. The van der Waals surface area contributed by atoms with E-state index in [-0.39, 0.29) is 12.4 Å². The summed E-state index contributed by atoms with van der Waals surface area (Å²) in [6.45, 7) is 0.886. The van der Waals surface area contributed by atoms with Gasteiger partial charge < -0.3 is 0 Å². The lowest BCUT2D eigenvalue weighted by Gasteiger charge is -2.18. The molecule has 0 unspecified atom stereocenters. The number of ketones is 1. The monoisotopic (exact) mass is 284 g/mol. The summed E-state index contributed by atoms with van der Waals surface area (Å²) < 4.78 is 75.7. The van der Waals surface area contributed by atoms with Crippen LogP contribution in [0.5, 0.6) is 0 Å². The fourth-order valence-corrected chi connectivity index (χ4v) is 1.50. The zero-order valence-corrected chi connectivity index (χ0v) is 9.32. The molecule has 0 aromatic heterocycles. The molecule has 0 radical (unpaired) electrons. The van der Waals surface area contributed by atoms with Crippen molar-refractivity contribution in [3.63, 3.8) is 0 Å². The van der Waals surface area contributed by atoms with Gasteiger partial charge in [-0.25, -0.2) is 0 Å². The molecule has 0 saturated heterocycles. The summed E-state index contributed by atoms with van der Waals surface area (Å²) in [5.41, 5.74) is -5.95.